The number of allylic oxidation sites excluding steroid dienone is 4. The molecule has 2 aliphatic rings. The Morgan fingerprint density at radius 2 is 1.08 bits per heavy atom. The molecule has 0 spiro atoms. The summed E-state index contributed by atoms with van der Waals surface area (Å²) < 4.78 is 17.8. The van der Waals surface area contributed by atoms with Crippen LogP contribution in [-0.4, -0.2) is 15.2 Å². The van der Waals surface area contributed by atoms with Crippen molar-refractivity contribution >= 4 is 71.2 Å². The van der Waals surface area contributed by atoms with Crippen LogP contribution in [0.1, 0.15) is 22.6 Å². The molecule has 4 nitrogen and oxygen atoms in total. The zero-order valence-corrected chi connectivity index (χ0v) is 35.2. The molecule has 0 bridgehead atoms. The maximum atomic E-state index is 6.57. The van der Waals surface area contributed by atoms with Gasteiger partial charge in [0.25, 0.3) is 0 Å². The molecule has 304 valence electrons. The average Bonchev–Trinajstić information content (AvgIpc) is 4.08. The first kappa shape index (κ1) is 36.6. The maximum Gasteiger partial charge on any atom is 0.135 e. The van der Waals surface area contributed by atoms with Crippen molar-refractivity contribution < 1.29 is 9.15 Å². The lowest BCUT2D eigenvalue weighted by Gasteiger charge is -2.20. The number of nitrogens with zero attached hydrogens (tertiary/aromatic N) is 2. The molecule has 13 rings (SSSR count). The van der Waals surface area contributed by atoms with Crippen LogP contribution in [0.15, 0.2) is 212 Å². The third-order valence-corrected chi connectivity index (χ3v) is 13.5. The van der Waals surface area contributed by atoms with Gasteiger partial charge >= 0.3 is 0 Å². The summed E-state index contributed by atoms with van der Waals surface area (Å²) in [5.41, 5.74) is 17.2. The first-order valence-corrected chi connectivity index (χ1v) is 22.1. The van der Waals surface area contributed by atoms with Crippen LogP contribution in [0, 0.1) is 0 Å². The van der Waals surface area contributed by atoms with Crippen molar-refractivity contribution in [2.24, 2.45) is 0 Å². The third-order valence-electron chi connectivity index (χ3n) is 13.5. The second kappa shape index (κ2) is 14.2. The summed E-state index contributed by atoms with van der Waals surface area (Å²) in [4.78, 5) is 0. The van der Waals surface area contributed by atoms with Gasteiger partial charge in [0.1, 0.15) is 23.0 Å². The van der Waals surface area contributed by atoms with Crippen LogP contribution in [0.2, 0.25) is 0 Å². The number of ether oxygens (including phenoxy) is 1. The van der Waals surface area contributed by atoms with Gasteiger partial charge in [-0.2, -0.15) is 0 Å². The lowest BCUT2D eigenvalue weighted by molar-refractivity contribution is 0.269. The normalized spacial score (nSPS) is 15.6. The van der Waals surface area contributed by atoms with E-state index < -0.39 is 0 Å². The molecule has 64 heavy (non-hydrogen) atoms. The molecule has 2 atom stereocenters. The van der Waals surface area contributed by atoms with E-state index in [9.17, 15) is 0 Å². The molecule has 4 heteroatoms. The molecular formula is C60H42N2O2. The molecule has 3 aromatic heterocycles. The van der Waals surface area contributed by atoms with Crippen molar-refractivity contribution in [2.45, 2.75) is 24.9 Å². The number of para-hydroxylation sites is 2. The second-order valence-corrected chi connectivity index (χ2v) is 17.3. The Balaban J connectivity index is 0.859. The number of furan rings is 1. The van der Waals surface area contributed by atoms with Gasteiger partial charge < -0.3 is 18.3 Å². The zero-order chi connectivity index (χ0) is 42.5. The Bertz CT molecular complexity index is 3830. The highest BCUT2D eigenvalue weighted by molar-refractivity contribution is 6.12. The van der Waals surface area contributed by atoms with Gasteiger partial charge in [-0.15, -0.1) is 13.2 Å². The number of rotatable bonds is 8. The summed E-state index contributed by atoms with van der Waals surface area (Å²) in [6.45, 7) is 7.94. The molecule has 0 saturated heterocycles. The van der Waals surface area contributed by atoms with Crippen LogP contribution < -0.4 is 4.74 Å². The monoisotopic (exact) mass is 822 g/mol. The Kier molecular flexibility index (Phi) is 8.13. The van der Waals surface area contributed by atoms with E-state index in [1.165, 1.54) is 71.4 Å². The van der Waals surface area contributed by atoms with E-state index in [0.717, 1.165) is 63.0 Å². The molecule has 0 radical (unpaired) electrons. The van der Waals surface area contributed by atoms with E-state index >= 15 is 0 Å². The van der Waals surface area contributed by atoms with Crippen molar-refractivity contribution in [3.63, 3.8) is 0 Å². The van der Waals surface area contributed by atoms with Gasteiger partial charge in [-0.1, -0.05) is 91.0 Å². The molecule has 1 aliphatic carbocycles. The molecule has 1 aliphatic heterocycles. The standard InChI is InChI=1S/C60H42N2O2/c1-3-10-37-18-24-55-47(30-37)45-14-5-7-16-53(45)61(55)43-22-28-59-51(35-43)49-33-41(20-26-57(49)63-59)39-12-9-13-40(32-39)42-21-27-58-50(34-42)52-36-44(23-29-60(52)64-58)62-54-17-8-6-15-46(54)48-31-38(11-4-2)19-25-56(48)62/h3-9,12-36,51,59H,1-2,10-11H2. The minimum absolute atomic E-state index is 0.0465. The van der Waals surface area contributed by atoms with Crippen molar-refractivity contribution in [2.75, 3.05) is 0 Å². The third kappa shape index (κ3) is 5.62. The highest BCUT2D eigenvalue weighted by Gasteiger charge is 2.34. The highest BCUT2D eigenvalue weighted by atomic mass is 16.5. The zero-order valence-electron chi connectivity index (χ0n) is 35.2. The van der Waals surface area contributed by atoms with Crippen molar-refractivity contribution in [1.29, 1.82) is 0 Å². The number of hydrogen-bond donors (Lipinski definition) is 0. The fourth-order valence-electron chi connectivity index (χ4n) is 10.6. The van der Waals surface area contributed by atoms with Gasteiger partial charge in [0, 0.05) is 55.2 Å². The lowest BCUT2D eigenvalue weighted by Crippen LogP contribution is -2.18. The van der Waals surface area contributed by atoms with E-state index in [1.807, 2.05) is 12.2 Å². The lowest BCUT2D eigenvalue weighted by atomic mass is 9.88. The van der Waals surface area contributed by atoms with E-state index in [2.05, 4.69) is 204 Å². The van der Waals surface area contributed by atoms with Crippen LogP contribution in [0.3, 0.4) is 0 Å². The first-order valence-electron chi connectivity index (χ1n) is 22.1. The maximum absolute atomic E-state index is 6.57. The summed E-state index contributed by atoms with van der Waals surface area (Å²) >= 11 is 0. The van der Waals surface area contributed by atoms with Crippen LogP contribution in [-0.2, 0) is 12.8 Å². The smallest absolute Gasteiger partial charge is 0.135 e. The summed E-state index contributed by atoms with van der Waals surface area (Å²) in [5.74, 6) is 1.04. The van der Waals surface area contributed by atoms with Gasteiger partial charge in [-0.3, -0.25) is 0 Å². The fraction of sp³-hybridized carbons (Fsp3) is 0.0667. The topological polar surface area (TPSA) is 32.2 Å². The van der Waals surface area contributed by atoms with Crippen LogP contribution in [0.4, 0.5) is 0 Å². The Morgan fingerprint density at radius 1 is 0.484 bits per heavy atom. The van der Waals surface area contributed by atoms with Crippen LogP contribution in [0.5, 0.6) is 5.75 Å². The molecular weight excluding hydrogens is 781 g/mol. The first-order chi connectivity index (χ1) is 31.6. The quantitative estimate of drug-likeness (QED) is 0.143. The number of aromatic nitrogens is 2. The van der Waals surface area contributed by atoms with E-state index in [4.69, 9.17) is 9.15 Å². The molecule has 0 amide bonds. The van der Waals surface area contributed by atoms with Crippen LogP contribution in [0.25, 0.3) is 99.2 Å². The summed E-state index contributed by atoms with van der Waals surface area (Å²) in [6, 6.07) is 59.7. The SMILES string of the molecule is C=CCc1ccc2c(c1)c1ccccc1n2C1=CC2c3cc(-c4cccc(-c5ccc6oc7ccc(-n8c9ccccc9c9cc(CC=C)ccc98)cc7c6c5)c4)ccc3OC2C=C1. The number of hydrogen-bond acceptors (Lipinski definition) is 2. The largest absolute Gasteiger partial charge is 0.485 e. The summed E-state index contributed by atoms with van der Waals surface area (Å²) in [7, 11) is 0. The number of fused-ring (bicyclic) bond motifs is 12. The van der Waals surface area contributed by atoms with Crippen molar-refractivity contribution in [3.05, 3.63) is 224 Å². The van der Waals surface area contributed by atoms with Gasteiger partial charge in [0.15, 0.2) is 0 Å². The highest BCUT2D eigenvalue weighted by Crippen LogP contribution is 2.46. The number of benzene rings is 8. The van der Waals surface area contributed by atoms with Gasteiger partial charge in [-0.25, -0.2) is 0 Å². The Morgan fingerprint density at radius 3 is 1.80 bits per heavy atom. The summed E-state index contributed by atoms with van der Waals surface area (Å²) in [6.07, 6.45) is 12.4. The average molecular weight is 823 g/mol. The molecule has 4 heterocycles. The minimum atomic E-state index is -0.0465. The van der Waals surface area contributed by atoms with Crippen molar-refractivity contribution in [3.8, 4) is 33.7 Å². The van der Waals surface area contributed by atoms with E-state index in [1.54, 1.807) is 0 Å². The van der Waals surface area contributed by atoms with E-state index in [0.29, 0.717) is 0 Å². The minimum Gasteiger partial charge on any atom is -0.485 e. The molecule has 0 N–H and O–H groups in total. The predicted octanol–water partition coefficient (Wildman–Crippen LogP) is 15.5. The molecule has 8 aromatic carbocycles. The van der Waals surface area contributed by atoms with Gasteiger partial charge in [0.05, 0.1) is 22.1 Å². The van der Waals surface area contributed by atoms with Crippen LogP contribution >= 0.6 is 0 Å². The fourth-order valence-corrected chi connectivity index (χ4v) is 10.6. The Hall–Kier alpha value is -8.08. The molecule has 0 fully saturated rings. The predicted molar refractivity (Wildman–Crippen MR) is 267 cm³/mol. The summed E-state index contributed by atoms with van der Waals surface area (Å²) in [5, 5.41) is 7.21. The van der Waals surface area contributed by atoms with Gasteiger partial charge in [-0.05, 0) is 149 Å². The van der Waals surface area contributed by atoms with E-state index in [-0.39, 0.29) is 12.0 Å². The van der Waals surface area contributed by atoms with Crippen molar-refractivity contribution in [1.82, 2.24) is 9.13 Å². The second-order valence-electron chi connectivity index (χ2n) is 17.3. The molecule has 11 aromatic rings. The van der Waals surface area contributed by atoms with Gasteiger partial charge in [0.2, 0.25) is 0 Å². The molecule has 2 unspecified atom stereocenters. The Labute approximate surface area is 370 Å². The molecule has 0 saturated carbocycles.